The van der Waals surface area contributed by atoms with E-state index in [9.17, 15) is 5.11 Å². The summed E-state index contributed by atoms with van der Waals surface area (Å²) in [7, 11) is 0. The van der Waals surface area contributed by atoms with Gasteiger partial charge in [0.15, 0.2) is 0 Å². The number of nitrogens with zero attached hydrogens (tertiary/aromatic N) is 1. The van der Waals surface area contributed by atoms with Crippen LogP contribution < -0.4 is 11.1 Å². The van der Waals surface area contributed by atoms with E-state index in [4.69, 9.17) is 5.73 Å². The number of nitrogens with one attached hydrogen (secondary N) is 1. The molecule has 1 aliphatic rings. The molecule has 94 valence electrons. The molecule has 1 heterocycles. The van der Waals surface area contributed by atoms with Crippen LogP contribution in [0.25, 0.3) is 0 Å². The molecule has 1 aromatic rings. The molecule has 2 atom stereocenters. The van der Waals surface area contributed by atoms with E-state index in [0.717, 1.165) is 23.3 Å². The van der Waals surface area contributed by atoms with Crippen LogP contribution in [0.15, 0.2) is 16.7 Å². The van der Waals surface area contributed by atoms with Crippen LogP contribution in [0.2, 0.25) is 0 Å². The molecule has 2 rings (SSSR count). The molecule has 5 heteroatoms. The first-order valence-corrected chi connectivity index (χ1v) is 6.75. The first-order chi connectivity index (χ1) is 8.20. The Hall–Kier alpha value is -0.810. The summed E-state index contributed by atoms with van der Waals surface area (Å²) in [4.78, 5) is 4.24. The number of nitrogen functional groups attached to an aromatic ring is 1. The highest BCUT2D eigenvalue weighted by atomic mass is 79.9. The molecule has 4 nitrogen and oxygen atoms in total. The molecule has 1 fully saturated rings. The minimum atomic E-state index is 0.294. The topological polar surface area (TPSA) is 71.2 Å². The standard InChI is InChI=1S/C12H18BrN3O/c13-11-4-10(14)6-16-12(11)15-5-8-2-1-3-9(8)7-17/h4,6,8-9,17H,1-3,5,7,14H2,(H,15,16). The van der Waals surface area contributed by atoms with Crippen LogP contribution in [0.1, 0.15) is 19.3 Å². The van der Waals surface area contributed by atoms with Gasteiger partial charge in [-0.15, -0.1) is 0 Å². The van der Waals surface area contributed by atoms with E-state index < -0.39 is 0 Å². The van der Waals surface area contributed by atoms with Gasteiger partial charge in [-0.1, -0.05) is 6.42 Å². The molecular weight excluding hydrogens is 282 g/mol. The molecule has 1 aromatic heterocycles. The average Bonchev–Trinajstić information content (AvgIpc) is 2.75. The zero-order chi connectivity index (χ0) is 12.3. The number of rotatable bonds is 4. The SMILES string of the molecule is Nc1cnc(NCC2CCCC2CO)c(Br)c1. The predicted octanol–water partition coefficient (Wildman–Crippen LogP) is 2.25. The van der Waals surface area contributed by atoms with Crippen LogP contribution in [0.5, 0.6) is 0 Å². The molecule has 2 unspecified atom stereocenters. The van der Waals surface area contributed by atoms with Crippen molar-refractivity contribution >= 4 is 27.4 Å². The van der Waals surface area contributed by atoms with E-state index in [1.807, 2.05) is 6.07 Å². The Morgan fingerprint density at radius 1 is 1.47 bits per heavy atom. The van der Waals surface area contributed by atoms with E-state index in [1.54, 1.807) is 6.20 Å². The van der Waals surface area contributed by atoms with E-state index in [2.05, 4.69) is 26.2 Å². The summed E-state index contributed by atoms with van der Waals surface area (Å²) in [5.41, 5.74) is 6.29. The fourth-order valence-electron chi connectivity index (χ4n) is 2.43. The molecule has 4 N–H and O–H groups in total. The van der Waals surface area contributed by atoms with Crippen molar-refractivity contribution in [3.05, 3.63) is 16.7 Å². The molecule has 0 spiro atoms. The summed E-state index contributed by atoms with van der Waals surface area (Å²) in [6, 6.07) is 1.84. The van der Waals surface area contributed by atoms with Crippen molar-refractivity contribution < 1.29 is 5.11 Å². The fraction of sp³-hybridized carbons (Fsp3) is 0.583. The highest BCUT2D eigenvalue weighted by molar-refractivity contribution is 9.10. The van der Waals surface area contributed by atoms with Gasteiger partial charge in [0.2, 0.25) is 0 Å². The lowest BCUT2D eigenvalue weighted by Crippen LogP contribution is -2.21. The normalized spacial score (nSPS) is 23.9. The van der Waals surface area contributed by atoms with Gasteiger partial charge in [0.05, 0.1) is 16.4 Å². The molecule has 0 aromatic carbocycles. The molecule has 0 radical (unpaired) electrons. The first kappa shape index (κ1) is 12.6. The van der Waals surface area contributed by atoms with Gasteiger partial charge in [0.25, 0.3) is 0 Å². The van der Waals surface area contributed by atoms with Crippen LogP contribution >= 0.6 is 15.9 Å². The maximum Gasteiger partial charge on any atom is 0.140 e. The van der Waals surface area contributed by atoms with E-state index in [-0.39, 0.29) is 0 Å². The zero-order valence-corrected chi connectivity index (χ0v) is 11.3. The van der Waals surface area contributed by atoms with Crippen LogP contribution in [-0.4, -0.2) is 23.2 Å². The maximum atomic E-state index is 9.26. The minimum Gasteiger partial charge on any atom is -0.397 e. The van der Waals surface area contributed by atoms with Gasteiger partial charge in [-0.2, -0.15) is 0 Å². The lowest BCUT2D eigenvalue weighted by atomic mass is 9.97. The Labute approximate surface area is 110 Å². The van der Waals surface area contributed by atoms with Gasteiger partial charge in [0.1, 0.15) is 5.82 Å². The number of anilines is 2. The number of aliphatic hydroxyl groups excluding tert-OH is 1. The minimum absolute atomic E-state index is 0.294. The third-order valence-electron chi connectivity index (χ3n) is 3.45. The van der Waals surface area contributed by atoms with Crippen LogP contribution in [0, 0.1) is 11.8 Å². The number of aliphatic hydroxyl groups is 1. The fourth-order valence-corrected chi connectivity index (χ4v) is 2.94. The van der Waals surface area contributed by atoms with Crippen molar-refractivity contribution in [2.45, 2.75) is 19.3 Å². The van der Waals surface area contributed by atoms with Crippen molar-refractivity contribution in [1.29, 1.82) is 0 Å². The van der Waals surface area contributed by atoms with Crippen molar-refractivity contribution in [3.63, 3.8) is 0 Å². The highest BCUT2D eigenvalue weighted by Gasteiger charge is 2.26. The van der Waals surface area contributed by atoms with Gasteiger partial charge < -0.3 is 16.2 Å². The predicted molar refractivity (Wildman–Crippen MR) is 72.8 cm³/mol. The van der Waals surface area contributed by atoms with Crippen molar-refractivity contribution in [3.8, 4) is 0 Å². The third kappa shape index (κ3) is 3.10. The smallest absolute Gasteiger partial charge is 0.140 e. The summed E-state index contributed by atoms with van der Waals surface area (Å²) < 4.78 is 0.885. The second-order valence-electron chi connectivity index (χ2n) is 4.61. The van der Waals surface area contributed by atoms with Crippen molar-refractivity contribution in [2.75, 3.05) is 24.2 Å². The molecule has 0 aliphatic heterocycles. The van der Waals surface area contributed by atoms with Gasteiger partial charge in [-0.3, -0.25) is 0 Å². The summed E-state index contributed by atoms with van der Waals surface area (Å²) in [5.74, 6) is 1.81. The van der Waals surface area contributed by atoms with Crippen LogP contribution in [0.3, 0.4) is 0 Å². The Morgan fingerprint density at radius 2 is 2.24 bits per heavy atom. The lowest BCUT2D eigenvalue weighted by Gasteiger charge is -2.18. The average molecular weight is 300 g/mol. The highest BCUT2D eigenvalue weighted by Crippen LogP contribution is 2.32. The number of pyridine rings is 1. The first-order valence-electron chi connectivity index (χ1n) is 5.96. The molecule has 17 heavy (non-hydrogen) atoms. The van der Waals surface area contributed by atoms with Gasteiger partial charge >= 0.3 is 0 Å². The molecule has 0 amide bonds. The zero-order valence-electron chi connectivity index (χ0n) is 9.69. The monoisotopic (exact) mass is 299 g/mol. The molecule has 0 saturated heterocycles. The lowest BCUT2D eigenvalue weighted by molar-refractivity contribution is 0.199. The molecule has 0 bridgehead atoms. The molecule has 1 aliphatic carbocycles. The van der Waals surface area contributed by atoms with E-state index in [1.165, 1.54) is 12.8 Å². The molecule has 1 saturated carbocycles. The van der Waals surface area contributed by atoms with Gasteiger partial charge in [-0.05, 0) is 46.7 Å². The Kier molecular flexibility index (Phi) is 4.23. The summed E-state index contributed by atoms with van der Waals surface area (Å²) in [6.45, 7) is 1.16. The maximum absolute atomic E-state index is 9.26. The number of aromatic nitrogens is 1. The van der Waals surface area contributed by atoms with E-state index in [0.29, 0.717) is 24.1 Å². The summed E-state index contributed by atoms with van der Waals surface area (Å²) in [5, 5.41) is 12.6. The number of hydrogen-bond acceptors (Lipinski definition) is 4. The Morgan fingerprint density at radius 3 is 2.94 bits per heavy atom. The van der Waals surface area contributed by atoms with Crippen molar-refractivity contribution in [2.24, 2.45) is 11.8 Å². The van der Waals surface area contributed by atoms with Gasteiger partial charge in [0, 0.05) is 13.2 Å². The summed E-state index contributed by atoms with van der Waals surface area (Å²) in [6.07, 6.45) is 5.18. The Balaban J connectivity index is 1.93. The summed E-state index contributed by atoms with van der Waals surface area (Å²) >= 11 is 3.43. The molecular formula is C12H18BrN3O. The largest absolute Gasteiger partial charge is 0.397 e. The Bertz CT molecular complexity index is 386. The second kappa shape index (κ2) is 5.69. The van der Waals surface area contributed by atoms with Crippen LogP contribution in [-0.2, 0) is 0 Å². The third-order valence-corrected chi connectivity index (χ3v) is 4.05. The van der Waals surface area contributed by atoms with Crippen molar-refractivity contribution in [1.82, 2.24) is 4.98 Å². The number of nitrogens with two attached hydrogens (primary N) is 1. The van der Waals surface area contributed by atoms with Crippen LogP contribution in [0.4, 0.5) is 11.5 Å². The van der Waals surface area contributed by atoms with Gasteiger partial charge in [-0.25, -0.2) is 4.98 Å². The number of hydrogen-bond donors (Lipinski definition) is 3. The van der Waals surface area contributed by atoms with E-state index >= 15 is 0 Å². The number of halogens is 1. The second-order valence-corrected chi connectivity index (χ2v) is 5.47. The quantitative estimate of drug-likeness (QED) is 0.797.